The van der Waals surface area contributed by atoms with Gasteiger partial charge in [-0.25, -0.2) is 0 Å². The van der Waals surface area contributed by atoms with Crippen molar-refractivity contribution in [2.75, 3.05) is 0 Å². The highest BCUT2D eigenvalue weighted by Gasteiger charge is 1.88. The minimum absolute atomic E-state index is 1.12. The Hall–Kier alpha value is -3.38. The zero-order valence-electron chi connectivity index (χ0n) is 27.2. The third-order valence-corrected chi connectivity index (χ3v) is 5.93. The molecular weight excluding hydrogens is 480 g/mol. The summed E-state index contributed by atoms with van der Waals surface area (Å²) in [7, 11) is 0. The summed E-state index contributed by atoms with van der Waals surface area (Å²) in [6.45, 7) is 21.5. The van der Waals surface area contributed by atoms with Gasteiger partial charge in [0.1, 0.15) is 0 Å². The van der Waals surface area contributed by atoms with E-state index in [4.69, 9.17) is 0 Å². The van der Waals surface area contributed by atoms with Gasteiger partial charge >= 0.3 is 0 Å². The monoisotopic (exact) mass is 536 g/mol. The molecule has 0 aromatic rings. The Morgan fingerprint density at radius 2 is 0.625 bits per heavy atom. The van der Waals surface area contributed by atoms with Gasteiger partial charge in [-0.05, 0) is 94.9 Å². The highest BCUT2D eigenvalue weighted by Crippen LogP contribution is 2.09. The van der Waals surface area contributed by atoms with Crippen LogP contribution in [0.15, 0.2) is 154 Å². The molecule has 0 rings (SSSR count). The molecule has 0 heterocycles. The van der Waals surface area contributed by atoms with Crippen LogP contribution >= 0.6 is 0 Å². The Kier molecular flexibility index (Phi) is 21.5. The number of hydrogen-bond acceptors (Lipinski definition) is 0. The van der Waals surface area contributed by atoms with Crippen LogP contribution in [-0.4, -0.2) is 0 Å². The molecule has 0 nitrogen and oxygen atoms in total. The Balaban J connectivity index is 4.70. The molecule has 0 saturated carbocycles. The van der Waals surface area contributed by atoms with Crippen molar-refractivity contribution < 1.29 is 0 Å². The summed E-state index contributed by atoms with van der Waals surface area (Å²) in [5.74, 6) is 0. The lowest BCUT2D eigenvalue weighted by atomic mass is 10.1. The second-order valence-electron chi connectivity index (χ2n) is 11.1. The van der Waals surface area contributed by atoms with E-state index in [0.717, 1.165) is 25.7 Å². The molecule has 0 fully saturated rings. The standard InChI is InChI=1S/C40H56/c1-33(2)19-13-23-37(7)27-17-31-39(9)29-15-25-35(5)21-11-12-22-36(6)26-16-30-40(10)32-18-28-38(8)24-14-20-34(3)4/h11-12,15-22,25-32H,13-14,23-24H2,1-10H3/b12-11-,25-15+,26-16+,31-17+,32-18+,35-21-,36-22+,37-27-,38-28+,39-29-,40-30+. The smallest absolute Gasteiger partial charge is 0.0285 e. The molecule has 0 spiro atoms. The Bertz CT molecular complexity index is 1050. The van der Waals surface area contributed by atoms with Gasteiger partial charge in [0, 0.05) is 0 Å². The Morgan fingerprint density at radius 1 is 0.350 bits per heavy atom. The predicted octanol–water partition coefficient (Wildman–Crippen LogP) is 12.9. The second-order valence-corrected chi connectivity index (χ2v) is 11.1. The molecule has 0 amide bonds. The maximum absolute atomic E-state index is 2.30. The van der Waals surface area contributed by atoms with Crippen LogP contribution in [0.25, 0.3) is 0 Å². The molecule has 0 unspecified atom stereocenters. The molecule has 216 valence electrons. The van der Waals surface area contributed by atoms with Crippen molar-refractivity contribution in [2.24, 2.45) is 0 Å². The van der Waals surface area contributed by atoms with Gasteiger partial charge in [0.05, 0.1) is 0 Å². The van der Waals surface area contributed by atoms with Crippen LogP contribution in [0.5, 0.6) is 0 Å². The first-order valence-electron chi connectivity index (χ1n) is 14.7. The Labute approximate surface area is 248 Å². The van der Waals surface area contributed by atoms with Crippen LogP contribution in [0.2, 0.25) is 0 Å². The average molecular weight is 537 g/mol. The van der Waals surface area contributed by atoms with Crippen LogP contribution < -0.4 is 0 Å². The molecule has 0 saturated heterocycles. The third-order valence-electron chi connectivity index (χ3n) is 5.93. The lowest BCUT2D eigenvalue weighted by molar-refractivity contribution is 0.967. The minimum atomic E-state index is 1.12. The molecule has 0 N–H and O–H groups in total. The summed E-state index contributed by atoms with van der Waals surface area (Å²) >= 11 is 0. The van der Waals surface area contributed by atoms with E-state index in [0.29, 0.717) is 0 Å². The van der Waals surface area contributed by atoms with Crippen molar-refractivity contribution in [3.05, 3.63) is 154 Å². The third kappa shape index (κ3) is 24.9. The highest BCUT2D eigenvalue weighted by molar-refractivity contribution is 5.32. The molecule has 0 heteroatoms. The molecule has 0 aliphatic carbocycles. The van der Waals surface area contributed by atoms with E-state index in [-0.39, 0.29) is 0 Å². The van der Waals surface area contributed by atoms with Crippen molar-refractivity contribution in [2.45, 2.75) is 94.9 Å². The van der Waals surface area contributed by atoms with Crippen molar-refractivity contribution in [3.63, 3.8) is 0 Å². The van der Waals surface area contributed by atoms with Crippen molar-refractivity contribution in [3.8, 4) is 0 Å². The average Bonchev–Trinajstić information content (AvgIpc) is 2.86. The van der Waals surface area contributed by atoms with Gasteiger partial charge in [0.2, 0.25) is 0 Å². The first-order chi connectivity index (χ1) is 19.0. The minimum Gasteiger partial charge on any atom is -0.0856 e. The van der Waals surface area contributed by atoms with E-state index in [2.05, 4.69) is 179 Å². The highest BCUT2D eigenvalue weighted by atomic mass is 13.9. The van der Waals surface area contributed by atoms with Crippen molar-refractivity contribution in [1.82, 2.24) is 0 Å². The fourth-order valence-electron chi connectivity index (χ4n) is 3.41. The van der Waals surface area contributed by atoms with Crippen LogP contribution in [0, 0.1) is 0 Å². The normalized spacial score (nSPS) is 15.1. The van der Waals surface area contributed by atoms with E-state index in [9.17, 15) is 0 Å². The molecule has 0 atom stereocenters. The maximum atomic E-state index is 2.30. The zero-order valence-corrected chi connectivity index (χ0v) is 27.2. The van der Waals surface area contributed by atoms with Crippen LogP contribution in [0.3, 0.4) is 0 Å². The first kappa shape index (κ1) is 36.6. The number of hydrogen-bond donors (Lipinski definition) is 0. The summed E-state index contributed by atoms with van der Waals surface area (Å²) in [6, 6.07) is 0. The molecule has 0 aliphatic rings. The Morgan fingerprint density at radius 3 is 0.925 bits per heavy atom. The molecule has 0 aromatic carbocycles. The molecule has 0 aromatic heterocycles. The lowest BCUT2D eigenvalue weighted by Gasteiger charge is -1.96. The molecule has 0 radical (unpaired) electrons. The van der Waals surface area contributed by atoms with Gasteiger partial charge in [-0.3, -0.25) is 0 Å². The maximum Gasteiger partial charge on any atom is -0.0285 e. The van der Waals surface area contributed by atoms with Crippen molar-refractivity contribution >= 4 is 0 Å². The topological polar surface area (TPSA) is 0 Å². The van der Waals surface area contributed by atoms with E-state index in [1.165, 1.54) is 44.6 Å². The lowest BCUT2D eigenvalue weighted by Crippen LogP contribution is -1.76. The summed E-state index contributed by atoms with van der Waals surface area (Å²) in [4.78, 5) is 0. The molecular formula is C40H56. The van der Waals surface area contributed by atoms with E-state index < -0.39 is 0 Å². The van der Waals surface area contributed by atoms with Crippen LogP contribution in [-0.2, 0) is 0 Å². The van der Waals surface area contributed by atoms with E-state index in [1.807, 2.05) is 0 Å². The van der Waals surface area contributed by atoms with Gasteiger partial charge in [-0.15, -0.1) is 0 Å². The SMILES string of the molecule is CC(C)=CCC\C(C)=C/C=C/C(C)=C\C=C\C(C)=C/C=C\C=C(C)\C=C\C=C(C)\C=C\C=C(/C)CCC=C(C)C. The molecule has 0 aliphatic heterocycles. The quantitative estimate of drug-likeness (QED) is 0.136. The fraction of sp³-hybridized carbons (Fsp3) is 0.350. The summed E-state index contributed by atoms with van der Waals surface area (Å²) in [5, 5.41) is 0. The largest absolute Gasteiger partial charge is 0.0856 e. The first-order valence-corrected chi connectivity index (χ1v) is 14.7. The van der Waals surface area contributed by atoms with Gasteiger partial charge < -0.3 is 0 Å². The van der Waals surface area contributed by atoms with Gasteiger partial charge in [-0.1, -0.05) is 154 Å². The van der Waals surface area contributed by atoms with Gasteiger partial charge in [0.15, 0.2) is 0 Å². The van der Waals surface area contributed by atoms with Gasteiger partial charge in [0.25, 0.3) is 0 Å². The van der Waals surface area contributed by atoms with Crippen LogP contribution in [0.1, 0.15) is 94.9 Å². The zero-order chi connectivity index (χ0) is 30.2. The van der Waals surface area contributed by atoms with Crippen molar-refractivity contribution in [1.29, 1.82) is 0 Å². The number of rotatable bonds is 16. The van der Waals surface area contributed by atoms with E-state index in [1.54, 1.807) is 0 Å². The fourth-order valence-corrected chi connectivity index (χ4v) is 3.41. The second kappa shape index (κ2) is 23.5. The van der Waals surface area contributed by atoms with Gasteiger partial charge in [-0.2, -0.15) is 0 Å². The summed E-state index contributed by atoms with van der Waals surface area (Å²) < 4.78 is 0. The van der Waals surface area contributed by atoms with Crippen LogP contribution in [0.4, 0.5) is 0 Å². The summed E-state index contributed by atoms with van der Waals surface area (Å²) in [5.41, 5.74) is 10.5. The predicted molar refractivity (Wildman–Crippen MR) is 186 cm³/mol. The number of allylic oxidation sites excluding steroid dienone is 26. The molecule has 0 bridgehead atoms. The summed E-state index contributed by atoms with van der Waals surface area (Å²) in [6.07, 6.45) is 43.3. The van der Waals surface area contributed by atoms with E-state index >= 15 is 0 Å². The molecule has 40 heavy (non-hydrogen) atoms.